The number of rotatable bonds is 4. The number of hydrogen-bond acceptors (Lipinski definition) is 3. The second kappa shape index (κ2) is 5.17. The summed E-state index contributed by atoms with van der Waals surface area (Å²) in [7, 11) is 0. The topological polar surface area (TPSA) is 55.2 Å². The van der Waals surface area contributed by atoms with Crippen LogP contribution in [0, 0.1) is 10.1 Å². The zero-order valence-corrected chi connectivity index (χ0v) is 10.1. The van der Waals surface area contributed by atoms with Crippen LogP contribution in [0.4, 0.5) is 11.4 Å². The highest BCUT2D eigenvalue weighted by Crippen LogP contribution is 2.27. The maximum atomic E-state index is 10.9. The zero-order chi connectivity index (χ0) is 12.3. The Labute approximate surface area is 101 Å². The van der Waals surface area contributed by atoms with Gasteiger partial charge in [-0.1, -0.05) is 25.8 Å². The molecule has 0 saturated heterocycles. The molecule has 1 N–H and O–H groups in total. The largest absolute Gasteiger partial charge is 0.382 e. The van der Waals surface area contributed by atoms with Gasteiger partial charge in [0.05, 0.1) is 4.92 Å². The van der Waals surface area contributed by atoms with E-state index < -0.39 is 0 Å². The second-order valence-electron chi connectivity index (χ2n) is 4.58. The minimum absolute atomic E-state index is 0.232. The zero-order valence-electron chi connectivity index (χ0n) is 10.1. The van der Waals surface area contributed by atoms with Gasteiger partial charge in [-0.3, -0.25) is 10.1 Å². The summed E-state index contributed by atoms with van der Waals surface area (Å²) >= 11 is 0. The first-order valence-electron chi connectivity index (χ1n) is 6.24. The van der Waals surface area contributed by atoms with Crippen LogP contribution >= 0.6 is 0 Å². The van der Waals surface area contributed by atoms with E-state index in [1.165, 1.54) is 25.7 Å². The van der Waals surface area contributed by atoms with Crippen LogP contribution in [0.2, 0.25) is 0 Å². The third-order valence-electron chi connectivity index (χ3n) is 3.39. The van der Waals surface area contributed by atoms with Crippen LogP contribution in [-0.2, 0) is 6.42 Å². The van der Waals surface area contributed by atoms with Gasteiger partial charge in [0.1, 0.15) is 0 Å². The highest BCUT2D eigenvalue weighted by atomic mass is 16.6. The molecule has 0 spiro atoms. The quantitative estimate of drug-likeness (QED) is 0.640. The second-order valence-corrected chi connectivity index (χ2v) is 4.58. The fourth-order valence-electron chi connectivity index (χ4n) is 2.43. The van der Waals surface area contributed by atoms with Crippen LogP contribution in [0.25, 0.3) is 0 Å². The summed E-state index contributed by atoms with van der Waals surface area (Å²) in [6.45, 7) is 1.94. The summed E-state index contributed by atoms with van der Waals surface area (Å²) in [5.74, 6) is 0. The van der Waals surface area contributed by atoms with E-state index >= 15 is 0 Å². The Morgan fingerprint density at radius 2 is 2.12 bits per heavy atom. The van der Waals surface area contributed by atoms with E-state index in [4.69, 9.17) is 0 Å². The standard InChI is InChI=1S/C13H18N2O2/c1-2-10-7-8-12(9-13(10)15(16)17)14-11-5-3-4-6-11/h7-9,11,14H,2-6H2,1H3. The van der Waals surface area contributed by atoms with Gasteiger partial charge in [0.2, 0.25) is 0 Å². The summed E-state index contributed by atoms with van der Waals surface area (Å²) in [4.78, 5) is 10.7. The number of nitrogens with zero attached hydrogens (tertiary/aromatic N) is 1. The van der Waals surface area contributed by atoms with Gasteiger partial charge in [0, 0.05) is 23.4 Å². The third kappa shape index (κ3) is 2.75. The molecule has 0 aromatic heterocycles. The Morgan fingerprint density at radius 3 is 2.71 bits per heavy atom. The molecule has 1 aliphatic rings. The van der Waals surface area contributed by atoms with Crippen LogP contribution in [-0.4, -0.2) is 11.0 Å². The van der Waals surface area contributed by atoms with Gasteiger partial charge in [-0.15, -0.1) is 0 Å². The highest BCUT2D eigenvalue weighted by Gasteiger charge is 2.17. The number of anilines is 1. The van der Waals surface area contributed by atoms with Crippen molar-refractivity contribution < 1.29 is 4.92 Å². The lowest BCUT2D eigenvalue weighted by Gasteiger charge is -2.13. The van der Waals surface area contributed by atoms with Gasteiger partial charge in [-0.05, 0) is 25.3 Å². The van der Waals surface area contributed by atoms with Crippen LogP contribution in [0.15, 0.2) is 18.2 Å². The van der Waals surface area contributed by atoms with Crippen molar-refractivity contribution in [1.82, 2.24) is 0 Å². The van der Waals surface area contributed by atoms with Crippen molar-refractivity contribution in [2.24, 2.45) is 0 Å². The maximum Gasteiger partial charge on any atom is 0.274 e. The summed E-state index contributed by atoms with van der Waals surface area (Å²) in [5, 5.41) is 14.3. The number of hydrogen-bond donors (Lipinski definition) is 1. The normalized spacial score (nSPS) is 16.1. The number of nitro groups is 1. The SMILES string of the molecule is CCc1ccc(NC2CCCC2)cc1[N+](=O)[O-]. The Hall–Kier alpha value is -1.58. The maximum absolute atomic E-state index is 10.9. The van der Waals surface area contributed by atoms with E-state index in [-0.39, 0.29) is 10.6 Å². The van der Waals surface area contributed by atoms with Crippen molar-refractivity contribution in [2.45, 2.75) is 45.1 Å². The fourth-order valence-corrected chi connectivity index (χ4v) is 2.43. The first-order chi connectivity index (χ1) is 8.20. The monoisotopic (exact) mass is 234 g/mol. The van der Waals surface area contributed by atoms with Gasteiger partial charge in [0.15, 0.2) is 0 Å². The molecule has 0 radical (unpaired) electrons. The number of benzene rings is 1. The van der Waals surface area contributed by atoms with E-state index in [9.17, 15) is 10.1 Å². The Morgan fingerprint density at radius 1 is 1.41 bits per heavy atom. The average molecular weight is 234 g/mol. The minimum atomic E-state index is -0.293. The molecule has 1 saturated carbocycles. The molecule has 1 aromatic carbocycles. The van der Waals surface area contributed by atoms with Gasteiger partial charge in [-0.2, -0.15) is 0 Å². The molecular weight excluding hydrogens is 216 g/mol. The number of aryl methyl sites for hydroxylation is 1. The van der Waals surface area contributed by atoms with E-state index in [2.05, 4.69) is 5.32 Å². The molecule has 1 fully saturated rings. The molecule has 0 amide bonds. The molecule has 1 aromatic rings. The van der Waals surface area contributed by atoms with Crippen molar-refractivity contribution in [2.75, 3.05) is 5.32 Å². The van der Waals surface area contributed by atoms with Crippen molar-refractivity contribution in [3.8, 4) is 0 Å². The van der Waals surface area contributed by atoms with Crippen molar-refractivity contribution in [1.29, 1.82) is 0 Å². The summed E-state index contributed by atoms with van der Waals surface area (Å²) < 4.78 is 0. The van der Waals surface area contributed by atoms with E-state index in [1.54, 1.807) is 6.07 Å². The molecule has 2 rings (SSSR count). The first-order valence-corrected chi connectivity index (χ1v) is 6.24. The predicted octanol–water partition coefficient (Wildman–Crippen LogP) is 3.51. The highest BCUT2D eigenvalue weighted by molar-refractivity contribution is 5.55. The molecule has 0 heterocycles. The summed E-state index contributed by atoms with van der Waals surface area (Å²) in [5.41, 5.74) is 1.91. The van der Waals surface area contributed by atoms with Crippen LogP contribution in [0.1, 0.15) is 38.2 Å². The molecular formula is C13H18N2O2. The first kappa shape index (κ1) is 11.9. The molecule has 0 aliphatic heterocycles. The lowest BCUT2D eigenvalue weighted by Crippen LogP contribution is -2.14. The third-order valence-corrected chi connectivity index (χ3v) is 3.39. The lowest BCUT2D eigenvalue weighted by molar-refractivity contribution is -0.385. The molecule has 0 bridgehead atoms. The Kier molecular flexibility index (Phi) is 3.61. The van der Waals surface area contributed by atoms with Crippen LogP contribution in [0.5, 0.6) is 0 Å². The van der Waals surface area contributed by atoms with Crippen molar-refractivity contribution in [3.05, 3.63) is 33.9 Å². The molecule has 0 atom stereocenters. The fraction of sp³-hybridized carbons (Fsp3) is 0.538. The van der Waals surface area contributed by atoms with Crippen molar-refractivity contribution in [3.63, 3.8) is 0 Å². The van der Waals surface area contributed by atoms with Gasteiger partial charge >= 0.3 is 0 Å². The molecule has 17 heavy (non-hydrogen) atoms. The number of nitro benzene ring substituents is 1. The number of nitrogens with one attached hydrogen (secondary N) is 1. The van der Waals surface area contributed by atoms with E-state index in [0.717, 1.165) is 11.3 Å². The molecule has 0 unspecified atom stereocenters. The molecule has 92 valence electrons. The van der Waals surface area contributed by atoms with Gasteiger partial charge < -0.3 is 5.32 Å². The average Bonchev–Trinajstić information content (AvgIpc) is 2.81. The van der Waals surface area contributed by atoms with E-state index in [0.29, 0.717) is 12.5 Å². The van der Waals surface area contributed by atoms with Crippen LogP contribution in [0.3, 0.4) is 0 Å². The Balaban J connectivity index is 2.17. The smallest absolute Gasteiger partial charge is 0.274 e. The summed E-state index contributed by atoms with van der Waals surface area (Å²) in [6, 6.07) is 5.96. The predicted molar refractivity (Wildman–Crippen MR) is 68.4 cm³/mol. The van der Waals surface area contributed by atoms with Gasteiger partial charge in [-0.25, -0.2) is 0 Å². The van der Waals surface area contributed by atoms with Crippen LogP contribution < -0.4 is 5.32 Å². The van der Waals surface area contributed by atoms with Gasteiger partial charge in [0.25, 0.3) is 5.69 Å². The Bertz CT molecular complexity index is 412. The lowest BCUT2D eigenvalue weighted by atomic mass is 10.1. The van der Waals surface area contributed by atoms with Crippen molar-refractivity contribution >= 4 is 11.4 Å². The minimum Gasteiger partial charge on any atom is -0.382 e. The summed E-state index contributed by atoms with van der Waals surface area (Å²) in [6.07, 6.45) is 5.55. The molecule has 1 aliphatic carbocycles. The molecule has 4 heteroatoms. The van der Waals surface area contributed by atoms with E-state index in [1.807, 2.05) is 19.1 Å². The molecule has 4 nitrogen and oxygen atoms in total.